The Kier molecular flexibility index (Phi) is 6.65. The number of hydrogen-bond acceptors (Lipinski definition) is 6. The molecule has 7 heteroatoms. The van der Waals surface area contributed by atoms with Crippen molar-refractivity contribution in [3.8, 4) is 0 Å². The summed E-state index contributed by atoms with van der Waals surface area (Å²) in [6, 6.07) is 15.0. The van der Waals surface area contributed by atoms with Crippen molar-refractivity contribution in [1.29, 1.82) is 0 Å². The lowest BCUT2D eigenvalue weighted by Crippen LogP contribution is -2.99. The molecule has 1 fully saturated rings. The zero-order valence-corrected chi connectivity index (χ0v) is 15.9. The molecule has 2 N–H and O–H groups in total. The van der Waals surface area contributed by atoms with Crippen LogP contribution < -0.4 is 5.23 Å². The van der Waals surface area contributed by atoms with Gasteiger partial charge < -0.3 is 5.21 Å². The van der Waals surface area contributed by atoms with Gasteiger partial charge in [0.2, 0.25) is 0 Å². The molecule has 1 aliphatic heterocycles. The van der Waals surface area contributed by atoms with Crippen molar-refractivity contribution in [1.82, 2.24) is 0 Å². The molecule has 0 bridgehead atoms. The van der Waals surface area contributed by atoms with E-state index < -0.39 is 5.23 Å². The highest BCUT2D eigenvalue weighted by atomic mass is 32.2. The highest BCUT2D eigenvalue weighted by Crippen LogP contribution is 2.39. The topological polar surface area (TPSA) is 81.9 Å². The molecule has 0 aliphatic carbocycles. The fraction of sp³-hybridized carbons (Fsp3) is 0.100. The molecule has 1 unspecified atom stereocenters. The van der Waals surface area contributed by atoms with Gasteiger partial charge in [-0.15, -0.1) is 23.5 Å². The van der Waals surface area contributed by atoms with Crippen LogP contribution in [0, 0.1) is 5.21 Å². The zero-order valence-electron chi connectivity index (χ0n) is 14.3. The summed E-state index contributed by atoms with van der Waals surface area (Å²) >= 11 is 3.04. The lowest BCUT2D eigenvalue weighted by molar-refractivity contribution is -0.991. The Hall–Kier alpha value is -2.16. The van der Waals surface area contributed by atoms with Crippen molar-refractivity contribution < 1.29 is 20.0 Å². The van der Waals surface area contributed by atoms with Crippen molar-refractivity contribution in [2.24, 2.45) is 0 Å². The zero-order chi connectivity index (χ0) is 19.2. The molecule has 1 heterocycles. The molecule has 0 saturated carbocycles. The number of ketones is 2. The van der Waals surface area contributed by atoms with Crippen LogP contribution in [0.25, 0.3) is 6.08 Å². The molecule has 5 nitrogen and oxygen atoms in total. The number of Topliss-reactive ketones (excluding diaryl/α,β-unsaturated/α-hetero) is 1. The van der Waals surface area contributed by atoms with Crippen LogP contribution in [-0.4, -0.2) is 28.3 Å². The summed E-state index contributed by atoms with van der Waals surface area (Å²) < 4.78 is 0.748. The lowest BCUT2D eigenvalue weighted by Gasteiger charge is -2.11. The molecule has 2 aromatic rings. The average Bonchev–Trinajstić information content (AvgIpc) is 3.21. The van der Waals surface area contributed by atoms with Gasteiger partial charge >= 0.3 is 0 Å². The molecule has 0 amide bonds. The Morgan fingerprint density at radius 1 is 1.04 bits per heavy atom. The standard InChI is InChI=1S/C20H17NO4S2/c22-17(10-9-14-5-4-8-16(13-14)21(24)25)18(20-26-11-12-27-20)19(23)15-6-2-1-3-7-15/h1-10,13,21,24H,11-12H2. The number of carbonyl (C=O) groups excluding carboxylic acids is 2. The minimum absolute atomic E-state index is 0.144. The minimum atomic E-state index is -1.03. The molecular weight excluding hydrogens is 382 g/mol. The first-order valence-electron chi connectivity index (χ1n) is 8.21. The number of nitrogens with one attached hydrogen (secondary N) is 1. The predicted octanol–water partition coefficient (Wildman–Crippen LogP) is 3.25. The van der Waals surface area contributed by atoms with Gasteiger partial charge in [-0.25, -0.2) is 5.21 Å². The first-order chi connectivity index (χ1) is 13.1. The van der Waals surface area contributed by atoms with E-state index in [0.29, 0.717) is 11.1 Å². The maximum atomic E-state index is 12.9. The van der Waals surface area contributed by atoms with Crippen LogP contribution in [0.4, 0.5) is 5.69 Å². The normalized spacial score (nSPS) is 15.1. The van der Waals surface area contributed by atoms with E-state index in [1.807, 2.05) is 6.07 Å². The second-order valence-corrected chi connectivity index (χ2v) is 8.15. The van der Waals surface area contributed by atoms with E-state index in [1.165, 1.54) is 47.8 Å². The van der Waals surface area contributed by atoms with E-state index >= 15 is 0 Å². The van der Waals surface area contributed by atoms with Gasteiger partial charge in [0, 0.05) is 29.2 Å². The molecular formula is C20H17NO4S2. The lowest BCUT2D eigenvalue weighted by atomic mass is 10.0. The second kappa shape index (κ2) is 9.16. The summed E-state index contributed by atoms with van der Waals surface area (Å²) in [7, 11) is 0. The van der Waals surface area contributed by atoms with Gasteiger partial charge in [-0.3, -0.25) is 9.59 Å². The molecule has 3 rings (SSSR count). The predicted molar refractivity (Wildman–Crippen MR) is 109 cm³/mol. The smallest absolute Gasteiger partial charge is 0.198 e. The number of carbonyl (C=O) groups is 2. The van der Waals surface area contributed by atoms with Crippen LogP contribution in [0.1, 0.15) is 15.9 Å². The first-order valence-corrected chi connectivity index (χ1v) is 10.2. The van der Waals surface area contributed by atoms with Crippen LogP contribution >= 0.6 is 23.5 Å². The Labute approximate surface area is 165 Å². The SMILES string of the molecule is O=C(C=Cc1cccc([NH+]([O-])O)c1)C(C(=O)c1ccccc1)=C1SCCS1. The van der Waals surface area contributed by atoms with E-state index in [1.54, 1.807) is 36.4 Å². The molecule has 0 spiro atoms. The molecule has 0 radical (unpaired) electrons. The largest absolute Gasteiger partial charge is 0.595 e. The van der Waals surface area contributed by atoms with Gasteiger partial charge in [-0.05, 0) is 11.6 Å². The number of quaternary nitrogens is 1. The fourth-order valence-corrected chi connectivity index (χ4v) is 5.07. The van der Waals surface area contributed by atoms with Gasteiger partial charge in [0.15, 0.2) is 17.3 Å². The number of rotatable bonds is 6. The fourth-order valence-electron chi connectivity index (χ4n) is 2.52. The third-order valence-electron chi connectivity index (χ3n) is 3.82. The Balaban J connectivity index is 1.89. The van der Waals surface area contributed by atoms with Gasteiger partial charge in [0.05, 0.1) is 9.81 Å². The van der Waals surface area contributed by atoms with Crippen LogP contribution in [0.15, 0.2) is 70.5 Å². The number of benzene rings is 2. The summed E-state index contributed by atoms with van der Waals surface area (Å²) in [5.74, 6) is 1.06. The van der Waals surface area contributed by atoms with E-state index in [-0.39, 0.29) is 22.8 Å². The Morgan fingerprint density at radius 3 is 2.41 bits per heavy atom. The summed E-state index contributed by atoms with van der Waals surface area (Å²) in [5.41, 5.74) is 1.39. The third-order valence-corrected chi connectivity index (χ3v) is 6.54. The molecule has 2 aromatic carbocycles. The molecule has 27 heavy (non-hydrogen) atoms. The maximum Gasteiger partial charge on any atom is 0.198 e. The summed E-state index contributed by atoms with van der Waals surface area (Å²) in [4.78, 5) is 25.7. The summed E-state index contributed by atoms with van der Waals surface area (Å²) in [6.45, 7) is 0. The van der Waals surface area contributed by atoms with Gasteiger partial charge in [-0.1, -0.05) is 48.5 Å². The van der Waals surface area contributed by atoms with Gasteiger partial charge in [0.25, 0.3) is 0 Å². The first kappa shape index (κ1) is 19.6. The van der Waals surface area contributed by atoms with Crippen LogP contribution in [0.2, 0.25) is 0 Å². The van der Waals surface area contributed by atoms with Gasteiger partial charge in [-0.2, -0.15) is 5.23 Å². The average molecular weight is 399 g/mol. The van der Waals surface area contributed by atoms with E-state index in [4.69, 9.17) is 5.21 Å². The van der Waals surface area contributed by atoms with Crippen LogP contribution in [0.5, 0.6) is 0 Å². The highest BCUT2D eigenvalue weighted by Gasteiger charge is 2.25. The third kappa shape index (κ3) is 4.97. The minimum Gasteiger partial charge on any atom is -0.595 e. The molecule has 0 aromatic heterocycles. The Morgan fingerprint density at radius 2 is 1.74 bits per heavy atom. The van der Waals surface area contributed by atoms with Crippen molar-refractivity contribution in [3.63, 3.8) is 0 Å². The second-order valence-electron chi connectivity index (χ2n) is 5.68. The van der Waals surface area contributed by atoms with E-state index in [0.717, 1.165) is 15.7 Å². The van der Waals surface area contributed by atoms with Crippen LogP contribution in [-0.2, 0) is 4.79 Å². The number of thioether (sulfide) groups is 2. The molecule has 1 aliphatic rings. The Bertz CT molecular complexity index is 899. The van der Waals surface area contributed by atoms with Crippen LogP contribution in [0.3, 0.4) is 0 Å². The molecule has 1 saturated heterocycles. The highest BCUT2D eigenvalue weighted by molar-refractivity contribution is 8.25. The van der Waals surface area contributed by atoms with E-state index in [2.05, 4.69) is 0 Å². The molecule has 1 atom stereocenters. The van der Waals surface area contributed by atoms with Crippen molar-refractivity contribution in [2.45, 2.75) is 0 Å². The summed E-state index contributed by atoms with van der Waals surface area (Å²) in [5, 5.41) is 19.1. The monoisotopic (exact) mass is 399 g/mol. The maximum absolute atomic E-state index is 12.9. The number of hydrogen-bond donors (Lipinski definition) is 2. The van der Waals surface area contributed by atoms with Crippen molar-refractivity contribution in [2.75, 3.05) is 11.5 Å². The quantitative estimate of drug-likeness (QED) is 0.255. The van der Waals surface area contributed by atoms with E-state index in [9.17, 15) is 14.8 Å². The van der Waals surface area contributed by atoms with Crippen molar-refractivity contribution >= 4 is 46.9 Å². The number of allylic oxidation sites excluding steroid dienone is 2. The van der Waals surface area contributed by atoms with Gasteiger partial charge in [0.1, 0.15) is 0 Å². The van der Waals surface area contributed by atoms with Crippen molar-refractivity contribution in [3.05, 3.63) is 86.8 Å². The summed E-state index contributed by atoms with van der Waals surface area (Å²) in [6.07, 6.45) is 2.88. The molecule has 138 valence electrons.